The van der Waals surface area contributed by atoms with Gasteiger partial charge in [0, 0.05) is 23.8 Å². The van der Waals surface area contributed by atoms with E-state index in [1.165, 1.54) is 24.3 Å². The molecule has 2 atom stereocenters. The predicted octanol–water partition coefficient (Wildman–Crippen LogP) is 3.54. The molecule has 64 heavy (non-hydrogen) atoms. The summed E-state index contributed by atoms with van der Waals surface area (Å²) in [5, 5.41) is 3.46. The maximum Gasteiger partial charge on any atom is 0.417 e. The molecule has 0 spiro atoms. The summed E-state index contributed by atoms with van der Waals surface area (Å²) in [4.78, 5) is 40.6. The van der Waals surface area contributed by atoms with Gasteiger partial charge in [0.1, 0.15) is 13.2 Å². The molecule has 0 bridgehead atoms. The lowest BCUT2D eigenvalue weighted by molar-refractivity contribution is -0.150. The molecule has 0 saturated carbocycles. The Morgan fingerprint density at radius 1 is 0.625 bits per heavy atom. The topological polar surface area (TPSA) is 190 Å². The molecule has 1 amide bonds. The zero-order chi connectivity index (χ0) is 45.7. The van der Waals surface area contributed by atoms with Crippen molar-refractivity contribution in [3.63, 3.8) is 0 Å². The number of fused-ring (bicyclic) bond motifs is 1. The van der Waals surface area contributed by atoms with Gasteiger partial charge in [0.05, 0.1) is 150 Å². The molecular formula is C44H61F3N2O15. The molecule has 0 radical (unpaired) electrons. The summed E-state index contributed by atoms with van der Waals surface area (Å²) in [6.07, 6.45) is -4.29. The second-order valence-corrected chi connectivity index (χ2v) is 14.1. The van der Waals surface area contributed by atoms with Crippen LogP contribution in [0, 0.1) is 0 Å². The van der Waals surface area contributed by atoms with Crippen LogP contribution < -0.4 is 10.9 Å². The van der Waals surface area contributed by atoms with Crippen molar-refractivity contribution in [2.24, 2.45) is 0 Å². The zero-order valence-corrected chi connectivity index (χ0v) is 36.3. The number of aromatic amines is 1. The van der Waals surface area contributed by atoms with Crippen LogP contribution >= 0.6 is 0 Å². The molecule has 3 aromatic rings. The number of H-pyrrole nitrogens is 1. The number of alkyl halides is 3. The standard InChI is InChI=1S/C44H61F3N2O15/c1-53-8-9-54-10-11-55-12-13-56-14-15-57-16-17-58-18-19-59-20-21-60-22-23-61-24-25-62-26-27-63-32-41(50)64-31-35-30-38(42(51)48-35)33-6-7-34-29-40(49-43(52)37(34)28-33)36-4-2-3-5-39(36)44(45,46)47/h2-7,28-29,35,38H,8-27,30-32H2,1H3,(H,48,51)(H,49,52)/t35?,38-/m0/s1. The predicted molar refractivity (Wildman–Crippen MR) is 225 cm³/mol. The van der Waals surface area contributed by atoms with E-state index in [2.05, 4.69) is 10.3 Å². The zero-order valence-electron chi connectivity index (χ0n) is 36.3. The summed E-state index contributed by atoms with van der Waals surface area (Å²) in [6.45, 7) is 8.45. The molecule has 2 N–H and O–H groups in total. The second-order valence-electron chi connectivity index (χ2n) is 14.1. The summed E-state index contributed by atoms with van der Waals surface area (Å²) in [6, 6.07) is 10.9. The SMILES string of the molecule is COCCOCCOCCOCCOCCOCCOCCOCCOCCOCCOCC(=O)OCC1C[C@@H](c2ccc3cc(-c4ccccc4C(F)(F)F)[nH]c(=O)c3c2)C(=O)N1. The van der Waals surface area contributed by atoms with Crippen LogP contribution in [0.1, 0.15) is 23.5 Å². The molecule has 1 unspecified atom stereocenters. The first-order chi connectivity index (χ1) is 31.2. The number of esters is 1. The average molecular weight is 915 g/mol. The van der Waals surface area contributed by atoms with Crippen LogP contribution in [0.2, 0.25) is 0 Å². The van der Waals surface area contributed by atoms with E-state index in [0.717, 1.165) is 6.07 Å². The van der Waals surface area contributed by atoms with Gasteiger partial charge in [0.2, 0.25) is 5.91 Å². The van der Waals surface area contributed by atoms with Gasteiger partial charge in [-0.05, 0) is 35.6 Å². The maximum atomic E-state index is 13.6. The number of hydrogen-bond acceptors (Lipinski definition) is 15. The summed E-state index contributed by atoms with van der Waals surface area (Å²) in [5.41, 5.74) is -1.000. The van der Waals surface area contributed by atoms with E-state index in [-0.39, 0.29) is 49.0 Å². The van der Waals surface area contributed by atoms with Crippen molar-refractivity contribution in [2.75, 3.05) is 152 Å². The van der Waals surface area contributed by atoms with Gasteiger partial charge in [0.15, 0.2) is 0 Å². The Bertz CT molecular complexity index is 1830. The monoisotopic (exact) mass is 914 g/mol. The number of rotatable bonds is 36. The van der Waals surface area contributed by atoms with Crippen molar-refractivity contribution in [3.05, 3.63) is 70.0 Å². The van der Waals surface area contributed by atoms with Gasteiger partial charge in [0.25, 0.3) is 5.56 Å². The van der Waals surface area contributed by atoms with Gasteiger partial charge >= 0.3 is 12.1 Å². The molecule has 1 saturated heterocycles. The molecule has 1 fully saturated rings. The van der Waals surface area contributed by atoms with Crippen molar-refractivity contribution < 1.29 is 79.6 Å². The first-order valence-corrected chi connectivity index (χ1v) is 21.2. The highest BCUT2D eigenvalue weighted by atomic mass is 19.4. The van der Waals surface area contributed by atoms with Crippen molar-refractivity contribution in [2.45, 2.75) is 24.6 Å². The van der Waals surface area contributed by atoms with E-state index in [9.17, 15) is 27.6 Å². The van der Waals surface area contributed by atoms with Crippen LogP contribution in [-0.2, 0) is 72.6 Å². The van der Waals surface area contributed by atoms with E-state index in [1.807, 2.05) is 0 Å². The van der Waals surface area contributed by atoms with Gasteiger partial charge in [-0.3, -0.25) is 9.59 Å². The minimum absolute atomic E-state index is 0.0315. The maximum absolute atomic E-state index is 13.6. The summed E-state index contributed by atoms with van der Waals surface area (Å²) in [7, 11) is 1.63. The molecule has 1 aromatic heterocycles. The Labute approximate surface area is 370 Å². The number of nitrogens with one attached hydrogen (secondary N) is 2. The lowest BCUT2D eigenvalue weighted by Gasteiger charge is -2.14. The minimum Gasteiger partial charge on any atom is -0.462 e. The van der Waals surface area contributed by atoms with Crippen LogP contribution in [0.4, 0.5) is 13.2 Å². The van der Waals surface area contributed by atoms with Crippen LogP contribution in [-0.4, -0.2) is 175 Å². The van der Waals surface area contributed by atoms with E-state index in [1.54, 1.807) is 25.3 Å². The molecule has 20 heteroatoms. The van der Waals surface area contributed by atoms with Gasteiger partial charge in [-0.1, -0.05) is 30.3 Å². The third kappa shape index (κ3) is 20.4. The van der Waals surface area contributed by atoms with Gasteiger partial charge in [-0.25, -0.2) is 4.79 Å². The van der Waals surface area contributed by atoms with E-state index in [0.29, 0.717) is 136 Å². The number of halogens is 3. The number of hydrogen-bond donors (Lipinski definition) is 2. The summed E-state index contributed by atoms with van der Waals surface area (Å²) in [5.74, 6) is -1.52. The Kier molecular flexibility index (Phi) is 25.4. The number of aromatic nitrogens is 1. The van der Waals surface area contributed by atoms with Gasteiger partial charge in [-0.15, -0.1) is 0 Å². The Morgan fingerprint density at radius 2 is 1.09 bits per heavy atom. The minimum atomic E-state index is -4.60. The molecule has 2 heterocycles. The lowest BCUT2D eigenvalue weighted by Crippen LogP contribution is -2.31. The molecule has 17 nitrogen and oxygen atoms in total. The normalized spacial score (nSPS) is 15.3. The number of methoxy groups -OCH3 is 1. The highest BCUT2D eigenvalue weighted by Gasteiger charge is 2.35. The van der Waals surface area contributed by atoms with Crippen molar-refractivity contribution in [3.8, 4) is 11.3 Å². The summed E-state index contributed by atoms with van der Waals surface area (Å²) >= 11 is 0. The van der Waals surface area contributed by atoms with Gasteiger partial charge in [-0.2, -0.15) is 13.2 Å². The highest BCUT2D eigenvalue weighted by Crippen LogP contribution is 2.37. The molecule has 0 aliphatic carbocycles. The van der Waals surface area contributed by atoms with Crippen molar-refractivity contribution >= 4 is 22.6 Å². The van der Waals surface area contributed by atoms with Crippen LogP contribution in [0.25, 0.3) is 22.0 Å². The number of ether oxygens (including phenoxy) is 12. The third-order valence-electron chi connectivity index (χ3n) is 9.42. The molecule has 4 rings (SSSR count). The lowest BCUT2D eigenvalue weighted by atomic mass is 9.93. The fraction of sp³-hybridized carbons (Fsp3) is 0.614. The second kappa shape index (κ2) is 31.0. The van der Waals surface area contributed by atoms with Crippen molar-refractivity contribution in [1.82, 2.24) is 10.3 Å². The van der Waals surface area contributed by atoms with Gasteiger partial charge < -0.3 is 67.1 Å². The quantitative estimate of drug-likeness (QED) is 0.0636. The largest absolute Gasteiger partial charge is 0.462 e. The molecular weight excluding hydrogens is 853 g/mol. The molecule has 1 aliphatic heterocycles. The number of benzene rings is 2. The first-order valence-electron chi connectivity index (χ1n) is 21.2. The number of carbonyl (C=O) groups is 2. The van der Waals surface area contributed by atoms with Crippen LogP contribution in [0.5, 0.6) is 0 Å². The summed E-state index contributed by atoms with van der Waals surface area (Å²) < 4.78 is 105. The first kappa shape index (κ1) is 52.6. The van der Waals surface area contributed by atoms with Crippen LogP contribution in [0.15, 0.2) is 53.3 Å². The molecule has 2 aromatic carbocycles. The van der Waals surface area contributed by atoms with E-state index < -0.39 is 35.2 Å². The number of pyridine rings is 1. The highest BCUT2D eigenvalue weighted by molar-refractivity contribution is 5.90. The molecule has 358 valence electrons. The fourth-order valence-electron chi connectivity index (χ4n) is 6.27. The Morgan fingerprint density at radius 3 is 1.58 bits per heavy atom. The smallest absolute Gasteiger partial charge is 0.417 e. The number of amides is 1. The Balaban J connectivity index is 0.911. The van der Waals surface area contributed by atoms with Crippen molar-refractivity contribution in [1.29, 1.82) is 0 Å². The number of carbonyl (C=O) groups excluding carboxylic acids is 2. The Hall–Kier alpha value is -4.06. The van der Waals surface area contributed by atoms with E-state index in [4.69, 9.17) is 56.8 Å². The third-order valence-corrected chi connectivity index (χ3v) is 9.42. The average Bonchev–Trinajstić information content (AvgIpc) is 3.67. The van der Waals surface area contributed by atoms with E-state index >= 15 is 0 Å². The fourth-order valence-corrected chi connectivity index (χ4v) is 6.27. The van der Waals surface area contributed by atoms with Crippen LogP contribution in [0.3, 0.4) is 0 Å². The molecule has 1 aliphatic rings.